The first kappa shape index (κ1) is 10.1. The summed E-state index contributed by atoms with van der Waals surface area (Å²) in [6, 6.07) is 0. The van der Waals surface area contributed by atoms with Crippen LogP contribution in [-0.2, 0) is 9.59 Å². The van der Waals surface area contributed by atoms with E-state index in [0.717, 1.165) is 0 Å². The first-order chi connectivity index (χ1) is 5.07. The van der Waals surface area contributed by atoms with E-state index in [1.807, 2.05) is 0 Å². The second-order valence-electron chi connectivity index (χ2n) is 2.48. The summed E-state index contributed by atoms with van der Waals surface area (Å²) in [7, 11) is 0. The van der Waals surface area contributed by atoms with Crippen LogP contribution in [0.2, 0.25) is 0 Å². The van der Waals surface area contributed by atoms with Crippen molar-refractivity contribution in [1.29, 1.82) is 0 Å². The number of aliphatic carboxylic acids is 1. The maximum Gasteiger partial charge on any atom is 0.303 e. The molecule has 0 aromatic rings. The third kappa shape index (κ3) is 4.50. The lowest BCUT2D eigenvalue weighted by Crippen LogP contribution is -2.22. The minimum absolute atomic E-state index is 0.0153. The van der Waals surface area contributed by atoms with Gasteiger partial charge in [-0.15, -0.1) is 0 Å². The van der Waals surface area contributed by atoms with E-state index in [9.17, 15) is 9.59 Å². The van der Waals surface area contributed by atoms with Crippen LogP contribution in [0.3, 0.4) is 0 Å². The van der Waals surface area contributed by atoms with Gasteiger partial charge in [0.2, 0.25) is 0 Å². The Morgan fingerprint density at radius 3 is 2.36 bits per heavy atom. The van der Waals surface area contributed by atoms with Gasteiger partial charge < -0.3 is 10.8 Å². The van der Waals surface area contributed by atoms with Gasteiger partial charge in [-0.25, -0.2) is 0 Å². The molecule has 4 nitrogen and oxygen atoms in total. The number of Topliss-reactive ketones (excluding diaryl/α,β-unsaturated/α-hetero) is 1. The Morgan fingerprint density at radius 2 is 2.09 bits per heavy atom. The molecule has 11 heavy (non-hydrogen) atoms. The standard InChI is InChI=1S/C7H13NO3/c1-5(9)6(4-8)2-3-7(10)11/h6H,2-4,8H2,1H3,(H,10,11)/t6-/m0/s1. The summed E-state index contributed by atoms with van der Waals surface area (Å²) in [5.74, 6) is -1.20. The van der Waals surface area contributed by atoms with Crippen LogP contribution in [0.15, 0.2) is 0 Å². The smallest absolute Gasteiger partial charge is 0.303 e. The van der Waals surface area contributed by atoms with Crippen LogP contribution < -0.4 is 5.73 Å². The fourth-order valence-corrected chi connectivity index (χ4v) is 0.785. The Morgan fingerprint density at radius 1 is 1.55 bits per heavy atom. The molecular formula is C7H13NO3. The largest absolute Gasteiger partial charge is 0.481 e. The average molecular weight is 159 g/mol. The third-order valence-electron chi connectivity index (χ3n) is 1.57. The Kier molecular flexibility index (Phi) is 4.45. The molecule has 0 aliphatic rings. The zero-order chi connectivity index (χ0) is 8.85. The number of hydrogen-bond donors (Lipinski definition) is 2. The van der Waals surface area contributed by atoms with E-state index in [1.165, 1.54) is 6.92 Å². The second-order valence-corrected chi connectivity index (χ2v) is 2.48. The van der Waals surface area contributed by atoms with Gasteiger partial charge in [0.15, 0.2) is 0 Å². The van der Waals surface area contributed by atoms with Crippen LogP contribution in [0.4, 0.5) is 0 Å². The van der Waals surface area contributed by atoms with Crippen molar-refractivity contribution in [1.82, 2.24) is 0 Å². The molecule has 0 bridgehead atoms. The fraction of sp³-hybridized carbons (Fsp3) is 0.714. The van der Waals surface area contributed by atoms with Crippen LogP contribution >= 0.6 is 0 Å². The summed E-state index contributed by atoms with van der Waals surface area (Å²) in [6.45, 7) is 1.67. The van der Waals surface area contributed by atoms with Crippen molar-refractivity contribution in [2.75, 3.05) is 6.54 Å². The van der Waals surface area contributed by atoms with Gasteiger partial charge in [0.1, 0.15) is 5.78 Å². The maximum atomic E-state index is 10.7. The predicted octanol–water partition coefficient (Wildman–Crippen LogP) is 0.0151. The molecule has 1 atom stereocenters. The summed E-state index contributed by atoms with van der Waals surface area (Å²) in [4.78, 5) is 20.8. The van der Waals surface area contributed by atoms with E-state index in [2.05, 4.69) is 0 Å². The second kappa shape index (κ2) is 4.85. The van der Waals surface area contributed by atoms with Gasteiger partial charge in [0.25, 0.3) is 0 Å². The number of hydrogen-bond acceptors (Lipinski definition) is 3. The topological polar surface area (TPSA) is 80.4 Å². The molecule has 0 saturated carbocycles. The summed E-state index contributed by atoms with van der Waals surface area (Å²) in [6.07, 6.45) is 0.364. The van der Waals surface area contributed by atoms with Gasteiger partial charge in [-0.3, -0.25) is 9.59 Å². The minimum atomic E-state index is -0.885. The van der Waals surface area contributed by atoms with Gasteiger partial charge in [-0.05, 0) is 13.3 Å². The third-order valence-corrected chi connectivity index (χ3v) is 1.57. The van der Waals surface area contributed by atoms with E-state index in [1.54, 1.807) is 0 Å². The molecule has 0 aliphatic heterocycles. The number of carboxylic acid groups (broad SMARTS) is 1. The van der Waals surface area contributed by atoms with E-state index in [0.29, 0.717) is 6.42 Å². The first-order valence-corrected chi connectivity index (χ1v) is 3.50. The molecule has 0 aromatic carbocycles. The van der Waals surface area contributed by atoms with Crippen LogP contribution in [0.5, 0.6) is 0 Å². The lowest BCUT2D eigenvalue weighted by atomic mass is 10.00. The minimum Gasteiger partial charge on any atom is -0.481 e. The molecule has 0 saturated heterocycles. The van der Waals surface area contributed by atoms with Gasteiger partial charge in [-0.1, -0.05) is 0 Å². The SMILES string of the molecule is CC(=O)[C@H](CN)CCC(=O)O. The molecule has 0 fully saturated rings. The van der Waals surface area contributed by atoms with Crippen LogP contribution in [0.25, 0.3) is 0 Å². The van der Waals surface area contributed by atoms with E-state index < -0.39 is 5.97 Å². The van der Waals surface area contributed by atoms with Crippen molar-refractivity contribution >= 4 is 11.8 Å². The van der Waals surface area contributed by atoms with Crippen molar-refractivity contribution in [2.45, 2.75) is 19.8 Å². The van der Waals surface area contributed by atoms with Crippen molar-refractivity contribution in [3.05, 3.63) is 0 Å². The lowest BCUT2D eigenvalue weighted by molar-refractivity contribution is -0.137. The fourth-order valence-electron chi connectivity index (χ4n) is 0.785. The van der Waals surface area contributed by atoms with Crippen molar-refractivity contribution in [2.24, 2.45) is 11.7 Å². The number of carbonyl (C=O) groups excluding carboxylic acids is 1. The Labute approximate surface area is 65.4 Å². The van der Waals surface area contributed by atoms with Crippen LogP contribution in [-0.4, -0.2) is 23.4 Å². The molecule has 0 radical (unpaired) electrons. The molecule has 0 heterocycles. The highest BCUT2D eigenvalue weighted by Gasteiger charge is 2.12. The number of ketones is 1. The van der Waals surface area contributed by atoms with Gasteiger partial charge in [0.05, 0.1) is 0 Å². The monoisotopic (exact) mass is 159 g/mol. The molecule has 0 rings (SSSR count). The number of nitrogens with two attached hydrogens (primary N) is 1. The molecule has 0 amide bonds. The first-order valence-electron chi connectivity index (χ1n) is 3.50. The predicted molar refractivity (Wildman–Crippen MR) is 40.1 cm³/mol. The summed E-state index contributed by atoms with van der Waals surface area (Å²) >= 11 is 0. The van der Waals surface area contributed by atoms with Crippen LogP contribution in [0.1, 0.15) is 19.8 Å². The molecule has 4 heteroatoms. The summed E-state index contributed by atoms with van der Waals surface area (Å²) in [5, 5.41) is 8.29. The number of rotatable bonds is 5. The van der Waals surface area contributed by atoms with E-state index in [-0.39, 0.29) is 24.7 Å². The lowest BCUT2D eigenvalue weighted by Gasteiger charge is -2.07. The Hall–Kier alpha value is -0.900. The number of carboxylic acids is 1. The molecular weight excluding hydrogens is 146 g/mol. The summed E-state index contributed by atoms with van der Waals surface area (Å²) < 4.78 is 0. The Balaban J connectivity index is 3.70. The quantitative estimate of drug-likeness (QED) is 0.592. The molecule has 0 aliphatic carbocycles. The van der Waals surface area contributed by atoms with Gasteiger partial charge >= 0.3 is 5.97 Å². The van der Waals surface area contributed by atoms with Crippen molar-refractivity contribution in [3.8, 4) is 0 Å². The summed E-state index contributed by atoms with van der Waals surface area (Å²) in [5.41, 5.74) is 5.25. The molecule has 0 spiro atoms. The highest BCUT2D eigenvalue weighted by Crippen LogP contribution is 2.05. The zero-order valence-corrected chi connectivity index (χ0v) is 6.54. The normalized spacial score (nSPS) is 12.5. The molecule has 0 aromatic heterocycles. The van der Waals surface area contributed by atoms with Gasteiger partial charge in [0, 0.05) is 18.9 Å². The highest BCUT2D eigenvalue weighted by atomic mass is 16.4. The van der Waals surface area contributed by atoms with Gasteiger partial charge in [-0.2, -0.15) is 0 Å². The van der Waals surface area contributed by atoms with Crippen molar-refractivity contribution < 1.29 is 14.7 Å². The van der Waals surface area contributed by atoms with E-state index >= 15 is 0 Å². The number of carbonyl (C=O) groups is 2. The molecule has 64 valence electrons. The Bertz CT molecular complexity index is 156. The zero-order valence-electron chi connectivity index (χ0n) is 6.54. The average Bonchev–Trinajstić information content (AvgIpc) is 1.87. The maximum absolute atomic E-state index is 10.7. The van der Waals surface area contributed by atoms with Crippen molar-refractivity contribution in [3.63, 3.8) is 0 Å². The highest BCUT2D eigenvalue weighted by molar-refractivity contribution is 5.79. The van der Waals surface area contributed by atoms with E-state index in [4.69, 9.17) is 10.8 Å². The molecule has 0 unspecified atom stereocenters. The van der Waals surface area contributed by atoms with Crippen LogP contribution in [0, 0.1) is 5.92 Å². The molecule has 3 N–H and O–H groups in total.